The van der Waals surface area contributed by atoms with E-state index in [1.165, 1.54) is 14.0 Å². The molecule has 0 saturated carbocycles. The lowest BCUT2D eigenvalue weighted by Crippen LogP contribution is -2.54. The minimum absolute atomic E-state index is 0.0419. The summed E-state index contributed by atoms with van der Waals surface area (Å²) >= 11 is 0. The first-order valence-electron chi connectivity index (χ1n) is 10.5. The van der Waals surface area contributed by atoms with Gasteiger partial charge in [-0.25, -0.2) is 9.59 Å². The van der Waals surface area contributed by atoms with Crippen LogP contribution in [0.4, 0.5) is 24.9 Å². The Bertz CT molecular complexity index is 1140. The smallest absolute Gasteiger partial charge is 0.433 e. The van der Waals surface area contributed by atoms with E-state index in [9.17, 15) is 22.8 Å². The van der Waals surface area contributed by atoms with E-state index >= 15 is 0 Å². The maximum absolute atomic E-state index is 13.0. The van der Waals surface area contributed by atoms with Gasteiger partial charge in [0.1, 0.15) is 5.52 Å². The number of fused-ring (bicyclic) bond motifs is 1. The lowest BCUT2D eigenvalue weighted by Gasteiger charge is -2.36. The van der Waals surface area contributed by atoms with E-state index in [0.29, 0.717) is 36.7 Å². The Labute approximate surface area is 188 Å². The van der Waals surface area contributed by atoms with Crippen LogP contribution in [0.15, 0.2) is 4.79 Å². The number of rotatable bonds is 6. The van der Waals surface area contributed by atoms with Crippen LogP contribution in [0.5, 0.6) is 0 Å². The van der Waals surface area contributed by atoms with Gasteiger partial charge in [0.15, 0.2) is 17.7 Å². The molecule has 1 atom stereocenters. The zero-order valence-corrected chi connectivity index (χ0v) is 18.9. The first-order valence-corrected chi connectivity index (χ1v) is 10.5. The molecule has 2 aromatic heterocycles. The summed E-state index contributed by atoms with van der Waals surface area (Å²) in [5.74, 6) is 3.79. The summed E-state index contributed by atoms with van der Waals surface area (Å²) in [7, 11) is 1.56. The topological polar surface area (TPSA) is 97.5 Å². The van der Waals surface area contributed by atoms with Crippen LogP contribution in [0.25, 0.3) is 11.2 Å². The molecule has 1 aliphatic rings. The Kier molecular flexibility index (Phi) is 7.16. The number of carbonyl (C=O) groups is 1. The van der Waals surface area contributed by atoms with E-state index in [0.717, 1.165) is 0 Å². The number of aryl methyl sites for hydroxylation is 1. The minimum Gasteiger partial charge on any atom is -0.433 e. The fourth-order valence-corrected chi connectivity index (χ4v) is 3.63. The van der Waals surface area contributed by atoms with Crippen molar-refractivity contribution in [3.63, 3.8) is 0 Å². The maximum atomic E-state index is 13.0. The molecule has 0 spiro atoms. The summed E-state index contributed by atoms with van der Waals surface area (Å²) in [6, 6.07) is 0. The number of halogens is 3. The Morgan fingerprint density at radius 1 is 1.30 bits per heavy atom. The normalized spacial score (nSPS) is 16.5. The van der Waals surface area contributed by atoms with Gasteiger partial charge < -0.3 is 19.9 Å². The molecule has 1 saturated heterocycles. The number of anilines is 2. The molecule has 1 aliphatic heterocycles. The highest BCUT2D eigenvalue weighted by molar-refractivity contribution is 5.86. The number of esters is 1. The third-order valence-electron chi connectivity index (χ3n) is 5.34. The lowest BCUT2D eigenvalue weighted by molar-refractivity contribution is -0.205. The van der Waals surface area contributed by atoms with Crippen LogP contribution < -0.4 is 20.8 Å². The molecule has 1 fully saturated rings. The fraction of sp³-hybridized carbons (Fsp3) is 0.600. The molecule has 13 heteroatoms. The van der Waals surface area contributed by atoms with Crippen molar-refractivity contribution in [3.8, 4) is 11.8 Å². The summed E-state index contributed by atoms with van der Waals surface area (Å²) in [6.07, 6.45) is -6.42. The molecule has 1 unspecified atom stereocenters. The van der Waals surface area contributed by atoms with Crippen LogP contribution in [0, 0.1) is 11.8 Å². The van der Waals surface area contributed by atoms with Crippen molar-refractivity contribution < 1.29 is 22.7 Å². The van der Waals surface area contributed by atoms with Gasteiger partial charge >= 0.3 is 17.8 Å². The highest BCUT2D eigenvalue weighted by Crippen LogP contribution is 2.29. The van der Waals surface area contributed by atoms with E-state index in [4.69, 9.17) is 4.74 Å². The fourth-order valence-electron chi connectivity index (χ4n) is 3.63. The number of carbonyl (C=O) groups excluding carboxylic acids is 1. The maximum Gasteiger partial charge on any atom is 0.491 e. The first kappa shape index (κ1) is 24.4. The van der Waals surface area contributed by atoms with Crippen LogP contribution >= 0.6 is 0 Å². The predicted octanol–water partition coefficient (Wildman–Crippen LogP) is 0.841. The average molecular weight is 469 g/mol. The lowest BCUT2D eigenvalue weighted by atomic mass is 10.3. The molecule has 0 radical (unpaired) electrons. The molecule has 0 bridgehead atoms. The monoisotopic (exact) mass is 469 g/mol. The van der Waals surface area contributed by atoms with Crippen molar-refractivity contribution in [2.75, 3.05) is 42.5 Å². The standard InChI is InChI=1S/C20H26F3N7O3/c1-5-8-10-30-14-15(27(4)19(30)32)25-18(28(6-2)7-3)26-16(14)29-11-9-24-12-13(29)33-17(31)20(21,22)23/h13,24H,6-7,9-12H2,1-4H3. The molecule has 33 heavy (non-hydrogen) atoms. The number of hydrogen-bond donors (Lipinski definition) is 1. The van der Waals surface area contributed by atoms with Crippen molar-refractivity contribution in [2.24, 2.45) is 7.05 Å². The van der Waals surface area contributed by atoms with Gasteiger partial charge in [-0.15, -0.1) is 5.92 Å². The van der Waals surface area contributed by atoms with Crippen LogP contribution in [0.2, 0.25) is 0 Å². The summed E-state index contributed by atoms with van der Waals surface area (Å²) in [6.45, 7) is 7.23. The highest BCUT2D eigenvalue weighted by atomic mass is 19.4. The third kappa shape index (κ3) is 4.75. The summed E-state index contributed by atoms with van der Waals surface area (Å²) in [5, 5.41) is 2.93. The first-order chi connectivity index (χ1) is 15.6. The SMILES string of the molecule is CC#CCn1c(=O)n(C)c2nc(N(CC)CC)nc(N3CCNCC3OC(=O)C(F)(F)F)c21. The number of ether oxygens (including phenoxy) is 1. The quantitative estimate of drug-likeness (QED) is 0.491. The zero-order valence-electron chi connectivity index (χ0n) is 18.9. The van der Waals surface area contributed by atoms with Crippen molar-refractivity contribution in [1.29, 1.82) is 0 Å². The van der Waals surface area contributed by atoms with Crippen molar-refractivity contribution >= 4 is 28.9 Å². The molecule has 3 rings (SSSR count). The van der Waals surface area contributed by atoms with Crippen LogP contribution in [-0.2, 0) is 23.1 Å². The minimum atomic E-state index is -5.14. The summed E-state index contributed by atoms with van der Waals surface area (Å²) < 4.78 is 46.2. The van der Waals surface area contributed by atoms with Crippen LogP contribution in [0.1, 0.15) is 20.8 Å². The molecule has 0 amide bonds. The molecule has 0 aliphatic carbocycles. The van der Waals surface area contributed by atoms with Gasteiger partial charge in [0.25, 0.3) is 0 Å². The third-order valence-corrected chi connectivity index (χ3v) is 5.34. The second kappa shape index (κ2) is 9.70. The number of imidazole rings is 1. The van der Waals surface area contributed by atoms with Gasteiger partial charge in [-0.2, -0.15) is 23.1 Å². The van der Waals surface area contributed by atoms with E-state index < -0.39 is 18.4 Å². The molecular formula is C20H26F3N7O3. The summed E-state index contributed by atoms with van der Waals surface area (Å²) in [5.41, 5.74) is 0.235. The molecule has 10 nitrogen and oxygen atoms in total. The Morgan fingerprint density at radius 2 is 2.00 bits per heavy atom. The predicted molar refractivity (Wildman–Crippen MR) is 116 cm³/mol. The number of alkyl halides is 3. The second-order valence-electron chi connectivity index (χ2n) is 7.30. The second-order valence-corrected chi connectivity index (χ2v) is 7.30. The van der Waals surface area contributed by atoms with E-state index in [-0.39, 0.29) is 31.1 Å². The Balaban J connectivity index is 2.24. The van der Waals surface area contributed by atoms with Crippen LogP contribution in [0.3, 0.4) is 0 Å². The van der Waals surface area contributed by atoms with Gasteiger partial charge in [-0.3, -0.25) is 9.13 Å². The van der Waals surface area contributed by atoms with Gasteiger partial charge in [0.05, 0.1) is 13.1 Å². The van der Waals surface area contributed by atoms with Gasteiger partial charge in [-0.05, 0) is 20.8 Å². The Morgan fingerprint density at radius 3 is 2.61 bits per heavy atom. The zero-order chi connectivity index (χ0) is 24.3. The largest absolute Gasteiger partial charge is 0.491 e. The molecule has 180 valence electrons. The van der Waals surface area contributed by atoms with E-state index in [1.807, 2.05) is 18.7 Å². The van der Waals surface area contributed by atoms with Gasteiger partial charge in [0, 0.05) is 33.2 Å². The number of aromatic nitrogens is 4. The van der Waals surface area contributed by atoms with E-state index in [1.54, 1.807) is 14.0 Å². The van der Waals surface area contributed by atoms with Crippen molar-refractivity contribution in [1.82, 2.24) is 24.4 Å². The highest BCUT2D eigenvalue weighted by Gasteiger charge is 2.44. The number of nitrogens with one attached hydrogen (secondary N) is 1. The van der Waals surface area contributed by atoms with E-state index in [2.05, 4.69) is 27.1 Å². The summed E-state index contributed by atoms with van der Waals surface area (Å²) in [4.78, 5) is 37.1. The van der Waals surface area contributed by atoms with Crippen molar-refractivity contribution in [3.05, 3.63) is 10.5 Å². The average Bonchev–Trinajstić information content (AvgIpc) is 3.02. The number of nitrogens with zero attached hydrogens (tertiary/aromatic N) is 6. The Hall–Kier alpha value is -3.27. The number of hydrogen-bond acceptors (Lipinski definition) is 8. The molecular weight excluding hydrogens is 443 g/mol. The number of piperazine rings is 1. The van der Waals surface area contributed by atoms with Gasteiger partial charge in [0.2, 0.25) is 5.95 Å². The molecule has 2 aromatic rings. The van der Waals surface area contributed by atoms with Crippen LogP contribution in [-0.4, -0.2) is 70.2 Å². The molecule has 0 aromatic carbocycles. The molecule has 3 heterocycles. The van der Waals surface area contributed by atoms with Crippen molar-refractivity contribution in [2.45, 2.75) is 39.7 Å². The molecule has 1 N–H and O–H groups in total. The van der Waals surface area contributed by atoms with Gasteiger partial charge in [-0.1, -0.05) is 5.92 Å².